The highest BCUT2D eigenvalue weighted by Gasteiger charge is 2.20. The molecule has 11 aromatic carbocycles. The molecule has 4 heterocycles. The van der Waals surface area contributed by atoms with Crippen molar-refractivity contribution >= 4 is 75.1 Å². The lowest BCUT2D eigenvalue weighted by Gasteiger charge is -2.13. The van der Waals surface area contributed by atoms with Gasteiger partial charge in [-0.15, -0.1) is 11.3 Å². The standard InChI is InChI=1S/C70H44N4S/c1-4-17-45(18-5-1)47-21-14-23-52(39-47)61-44-62(53-24-15-22-48(40-53)46-19-6-2-7-20-46)72-70(71-61)74-64-31-13-11-28-57(64)58-41-49(33-36-66(58)74)50-35-38-67-60(42-50)69-55(29-16-32-68(69)75-67)51-34-37-65-59(43-51)56-27-10-12-30-63(56)73(65)54-25-8-3-9-26-54/h1-44H. The maximum absolute atomic E-state index is 5.46. The van der Waals surface area contributed by atoms with E-state index in [2.05, 4.69) is 276 Å². The van der Waals surface area contributed by atoms with Crippen molar-refractivity contribution in [2.75, 3.05) is 0 Å². The Bertz CT molecular complexity index is 4600. The Kier molecular flexibility index (Phi) is 10.0. The molecule has 0 saturated carbocycles. The zero-order valence-electron chi connectivity index (χ0n) is 40.6. The minimum Gasteiger partial charge on any atom is -0.309 e. The highest BCUT2D eigenvalue weighted by molar-refractivity contribution is 7.26. The first-order valence-corrected chi connectivity index (χ1v) is 26.3. The van der Waals surface area contributed by atoms with Gasteiger partial charge in [0, 0.05) is 58.5 Å². The van der Waals surface area contributed by atoms with Crippen molar-refractivity contribution < 1.29 is 0 Å². The van der Waals surface area contributed by atoms with Crippen LogP contribution in [-0.4, -0.2) is 19.1 Å². The van der Waals surface area contributed by atoms with Gasteiger partial charge in [-0.25, -0.2) is 9.97 Å². The molecule has 5 heteroatoms. The van der Waals surface area contributed by atoms with Crippen LogP contribution in [0.15, 0.2) is 267 Å². The van der Waals surface area contributed by atoms with E-state index in [-0.39, 0.29) is 0 Å². The molecule has 0 N–H and O–H groups in total. The van der Waals surface area contributed by atoms with Crippen molar-refractivity contribution in [3.63, 3.8) is 0 Å². The topological polar surface area (TPSA) is 35.6 Å². The zero-order valence-corrected chi connectivity index (χ0v) is 41.4. The van der Waals surface area contributed by atoms with Crippen molar-refractivity contribution in [3.05, 3.63) is 267 Å². The summed E-state index contributed by atoms with van der Waals surface area (Å²) in [5.41, 5.74) is 18.8. The Hall–Kier alpha value is -9.68. The van der Waals surface area contributed by atoms with Gasteiger partial charge < -0.3 is 4.57 Å². The summed E-state index contributed by atoms with van der Waals surface area (Å²) >= 11 is 1.86. The van der Waals surface area contributed by atoms with Crippen LogP contribution in [0, 0.1) is 0 Å². The van der Waals surface area contributed by atoms with Gasteiger partial charge in [0.15, 0.2) is 0 Å². The Morgan fingerprint density at radius 3 is 1.36 bits per heavy atom. The molecule has 15 aromatic rings. The van der Waals surface area contributed by atoms with Gasteiger partial charge in [0.2, 0.25) is 5.95 Å². The number of para-hydroxylation sites is 3. The minimum absolute atomic E-state index is 0.623. The number of hydrogen-bond acceptors (Lipinski definition) is 3. The average Bonchev–Trinajstić information content (AvgIpc) is 4.19. The van der Waals surface area contributed by atoms with Gasteiger partial charge in [0.25, 0.3) is 0 Å². The number of aromatic nitrogens is 4. The van der Waals surface area contributed by atoms with Crippen LogP contribution >= 0.6 is 11.3 Å². The molecule has 0 amide bonds. The van der Waals surface area contributed by atoms with Crippen LogP contribution in [0.25, 0.3) is 142 Å². The number of thiophene rings is 1. The molecule has 0 aliphatic carbocycles. The predicted molar refractivity (Wildman–Crippen MR) is 316 cm³/mol. The molecule has 0 unspecified atom stereocenters. The maximum Gasteiger partial charge on any atom is 0.235 e. The first-order chi connectivity index (χ1) is 37.2. The third kappa shape index (κ3) is 7.27. The number of hydrogen-bond donors (Lipinski definition) is 0. The predicted octanol–water partition coefficient (Wildman–Crippen LogP) is 19.0. The molecule has 15 rings (SSSR count). The van der Waals surface area contributed by atoms with Gasteiger partial charge in [-0.1, -0.05) is 182 Å². The molecule has 0 aliphatic heterocycles. The summed E-state index contributed by atoms with van der Waals surface area (Å²) in [4.78, 5) is 10.9. The highest BCUT2D eigenvalue weighted by Crippen LogP contribution is 2.44. The van der Waals surface area contributed by atoms with Crippen LogP contribution < -0.4 is 0 Å². The van der Waals surface area contributed by atoms with Crippen molar-refractivity contribution in [2.24, 2.45) is 0 Å². The van der Waals surface area contributed by atoms with Gasteiger partial charge in [-0.2, -0.15) is 0 Å². The van der Waals surface area contributed by atoms with Crippen LogP contribution in [0.1, 0.15) is 0 Å². The number of rotatable bonds is 8. The molecule has 350 valence electrons. The second-order valence-corrected chi connectivity index (χ2v) is 20.4. The van der Waals surface area contributed by atoms with E-state index in [0.29, 0.717) is 5.95 Å². The molecule has 0 aliphatic rings. The summed E-state index contributed by atoms with van der Waals surface area (Å²) in [6.45, 7) is 0. The van der Waals surface area contributed by atoms with Crippen LogP contribution in [0.4, 0.5) is 0 Å². The van der Waals surface area contributed by atoms with E-state index in [4.69, 9.17) is 9.97 Å². The summed E-state index contributed by atoms with van der Waals surface area (Å²) in [5, 5.41) is 7.36. The van der Waals surface area contributed by atoms with Crippen LogP contribution in [0.3, 0.4) is 0 Å². The molecule has 0 spiro atoms. The van der Waals surface area contributed by atoms with Gasteiger partial charge in [-0.05, 0) is 129 Å². The fourth-order valence-electron chi connectivity index (χ4n) is 11.4. The van der Waals surface area contributed by atoms with E-state index >= 15 is 0 Å². The van der Waals surface area contributed by atoms with E-state index in [1.807, 2.05) is 11.3 Å². The largest absolute Gasteiger partial charge is 0.309 e. The first-order valence-electron chi connectivity index (χ1n) is 25.5. The van der Waals surface area contributed by atoms with E-state index in [9.17, 15) is 0 Å². The SMILES string of the molecule is c1ccc(-c2cccc(-c3cc(-c4cccc(-c5ccccc5)c4)nc(-n4c5ccccc5c5cc(-c6ccc7sc8cccc(-c9ccc%10c(c9)c9ccccc9n%10-c9ccccc9)c8c7c6)ccc54)n3)c2)cc1. The van der Waals surface area contributed by atoms with Gasteiger partial charge in [0.1, 0.15) is 0 Å². The Labute approximate surface area is 437 Å². The molecule has 0 bridgehead atoms. The van der Waals surface area contributed by atoms with E-state index < -0.39 is 0 Å². The number of nitrogens with zero attached hydrogens (tertiary/aromatic N) is 4. The minimum atomic E-state index is 0.623. The lowest BCUT2D eigenvalue weighted by molar-refractivity contribution is 0.996. The summed E-state index contributed by atoms with van der Waals surface area (Å²) in [6, 6.07) is 96.4. The lowest BCUT2D eigenvalue weighted by atomic mass is 9.96. The molecule has 0 radical (unpaired) electrons. The Morgan fingerprint density at radius 1 is 0.267 bits per heavy atom. The number of benzene rings is 11. The summed E-state index contributed by atoms with van der Waals surface area (Å²) < 4.78 is 7.19. The molecule has 4 nitrogen and oxygen atoms in total. The first kappa shape index (κ1) is 43.0. The quantitative estimate of drug-likeness (QED) is 0.152. The van der Waals surface area contributed by atoms with Crippen molar-refractivity contribution in [1.29, 1.82) is 0 Å². The second kappa shape index (κ2) is 17.5. The summed E-state index contributed by atoms with van der Waals surface area (Å²) in [6.07, 6.45) is 0. The van der Waals surface area contributed by atoms with Gasteiger partial charge in [0.05, 0.1) is 33.5 Å². The van der Waals surface area contributed by atoms with Crippen LogP contribution in [0.2, 0.25) is 0 Å². The molecular weight excluding hydrogens is 929 g/mol. The molecule has 75 heavy (non-hydrogen) atoms. The van der Waals surface area contributed by atoms with Crippen molar-refractivity contribution in [2.45, 2.75) is 0 Å². The molecule has 4 aromatic heterocycles. The van der Waals surface area contributed by atoms with Crippen molar-refractivity contribution in [3.8, 4) is 78.7 Å². The van der Waals surface area contributed by atoms with E-state index in [1.165, 1.54) is 58.7 Å². The average molecular weight is 973 g/mol. The fourth-order valence-corrected chi connectivity index (χ4v) is 12.5. The lowest BCUT2D eigenvalue weighted by Crippen LogP contribution is -2.04. The summed E-state index contributed by atoms with van der Waals surface area (Å²) in [7, 11) is 0. The van der Waals surface area contributed by atoms with E-state index in [1.54, 1.807) is 0 Å². The Balaban J connectivity index is 0.873. The molecule has 0 atom stereocenters. The smallest absolute Gasteiger partial charge is 0.235 e. The third-order valence-electron chi connectivity index (χ3n) is 14.9. The summed E-state index contributed by atoms with van der Waals surface area (Å²) in [5.74, 6) is 0.623. The number of fused-ring (bicyclic) bond motifs is 9. The van der Waals surface area contributed by atoms with E-state index in [0.717, 1.165) is 77.8 Å². The second-order valence-electron chi connectivity index (χ2n) is 19.3. The molecular formula is C70H44N4S. The maximum atomic E-state index is 5.46. The van der Waals surface area contributed by atoms with Gasteiger partial charge >= 0.3 is 0 Å². The molecule has 0 saturated heterocycles. The fraction of sp³-hybridized carbons (Fsp3) is 0. The molecule has 0 fully saturated rings. The van der Waals surface area contributed by atoms with Crippen LogP contribution in [0.5, 0.6) is 0 Å². The Morgan fingerprint density at radius 2 is 0.720 bits per heavy atom. The monoisotopic (exact) mass is 972 g/mol. The van der Waals surface area contributed by atoms with Gasteiger partial charge in [-0.3, -0.25) is 4.57 Å². The van der Waals surface area contributed by atoms with Crippen molar-refractivity contribution in [1.82, 2.24) is 19.1 Å². The zero-order chi connectivity index (χ0) is 49.4. The van der Waals surface area contributed by atoms with Crippen LogP contribution in [-0.2, 0) is 0 Å². The third-order valence-corrected chi connectivity index (χ3v) is 16.1. The normalized spacial score (nSPS) is 11.7. The highest BCUT2D eigenvalue weighted by atomic mass is 32.1.